The summed E-state index contributed by atoms with van der Waals surface area (Å²) < 4.78 is 0. The van der Waals surface area contributed by atoms with E-state index < -0.39 is 0 Å². The van der Waals surface area contributed by atoms with Crippen molar-refractivity contribution in [2.75, 3.05) is 46.5 Å². The number of thiol groups is 1. The van der Waals surface area contributed by atoms with E-state index >= 15 is 0 Å². The Hall–Kier alpha value is 0.270. The van der Waals surface area contributed by atoms with Crippen LogP contribution < -0.4 is 0 Å². The van der Waals surface area contributed by atoms with Crippen molar-refractivity contribution >= 4 is 12.6 Å². The van der Waals surface area contributed by atoms with Gasteiger partial charge in [0.15, 0.2) is 0 Å². The minimum Gasteiger partial charge on any atom is -0.309 e. The summed E-state index contributed by atoms with van der Waals surface area (Å²) in [4.78, 5) is 4.53. The molecule has 0 aromatic carbocycles. The van der Waals surface area contributed by atoms with Gasteiger partial charge in [0.1, 0.15) is 0 Å². The maximum atomic E-state index is 4.17. The molecular weight excluding hydrogens is 156 g/mol. The Kier molecular flexibility index (Phi) is 7.12. The molecule has 0 aromatic rings. The highest BCUT2D eigenvalue weighted by Gasteiger charge is 1.96. The monoisotopic (exact) mass is 176 g/mol. The molecule has 0 radical (unpaired) electrons. The molecule has 0 aliphatic rings. The van der Waals surface area contributed by atoms with Crippen molar-refractivity contribution in [2.45, 2.75) is 6.42 Å². The average Bonchev–Trinajstić information content (AvgIpc) is 1.87. The van der Waals surface area contributed by atoms with Crippen LogP contribution in [-0.2, 0) is 0 Å². The molecule has 0 rings (SSSR count). The van der Waals surface area contributed by atoms with Crippen molar-refractivity contribution in [1.29, 1.82) is 0 Å². The Balaban J connectivity index is 3.10. The maximum Gasteiger partial charge on any atom is 0.00668 e. The Bertz CT molecular complexity index is 86.2. The van der Waals surface area contributed by atoms with Crippen LogP contribution in [0.25, 0.3) is 0 Å². The topological polar surface area (TPSA) is 6.48 Å². The summed E-state index contributed by atoms with van der Waals surface area (Å²) in [6, 6.07) is 0. The van der Waals surface area contributed by atoms with E-state index in [1.807, 2.05) is 0 Å². The van der Waals surface area contributed by atoms with Crippen molar-refractivity contribution in [3.05, 3.63) is 0 Å². The summed E-state index contributed by atoms with van der Waals surface area (Å²) in [7, 11) is 6.36. The third-order valence-corrected chi connectivity index (χ3v) is 1.83. The van der Waals surface area contributed by atoms with E-state index in [1.165, 1.54) is 19.5 Å². The Morgan fingerprint density at radius 2 is 1.64 bits per heavy atom. The molecule has 3 heteroatoms. The first-order valence-corrected chi connectivity index (χ1v) is 4.74. The maximum absolute atomic E-state index is 4.17. The quantitative estimate of drug-likeness (QED) is 0.598. The van der Waals surface area contributed by atoms with E-state index in [2.05, 4.69) is 43.6 Å². The molecule has 0 saturated heterocycles. The standard InChI is InChI=1S/C8H20N2S/c1-9(2)5-4-6-10(3)7-8-11/h11H,4-8H2,1-3H3. The highest BCUT2D eigenvalue weighted by Crippen LogP contribution is 1.89. The van der Waals surface area contributed by atoms with Crippen molar-refractivity contribution in [1.82, 2.24) is 9.80 Å². The second-order valence-corrected chi connectivity index (χ2v) is 3.63. The van der Waals surface area contributed by atoms with Gasteiger partial charge in [-0.05, 0) is 40.7 Å². The van der Waals surface area contributed by atoms with Crippen LogP contribution in [0.3, 0.4) is 0 Å². The second-order valence-electron chi connectivity index (χ2n) is 3.18. The van der Waals surface area contributed by atoms with Gasteiger partial charge in [0.25, 0.3) is 0 Å². The molecule has 0 saturated carbocycles. The zero-order valence-corrected chi connectivity index (χ0v) is 8.77. The van der Waals surface area contributed by atoms with Crippen LogP contribution in [0.1, 0.15) is 6.42 Å². The summed E-state index contributed by atoms with van der Waals surface area (Å²) in [6.07, 6.45) is 1.25. The molecule has 0 heterocycles. The number of nitrogens with zero attached hydrogens (tertiary/aromatic N) is 2. The second kappa shape index (κ2) is 6.95. The highest BCUT2D eigenvalue weighted by atomic mass is 32.1. The summed E-state index contributed by atoms with van der Waals surface area (Å²) in [6.45, 7) is 3.45. The van der Waals surface area contributed by atoms with Crippen molar-refractivity contribution in [3.8, 4) is 0 Å². The molecule has 0 fully saturated rings. The van der Waals surface area contributed by atoms with Gasteiger partial charge in [-0.15, -0.1) is 0 Å². The molecule has 0 spiro atoms. The fourth-order valence-corrected chi connectivity index (χ4v) is 1.28. The van der Waals surface area contributed by atoms with Gasteiger partial charge >= 0.3 is 0 Å². The molecule has 0 bridgehead atoms. The van der Waals surface area contributed by atoms with E-state index in [-0.39, 0.29) is 0 Å². The van der Waals surface area contributed by atoms with Crippen molar-refractivity contribution < 1.29 is 0 Å². The molecule has 0 aromatic heterocycles. The Morgan fingerprint density at radius 1 is 1.00 bits per heavy atom. The lowest BCUT2D eigenvalue weighted by Crippen LogP contribution is -2.25. The zero-order valence-electron chi connectivity index (χ0n) is 7.88. The van der Waals surface area contributed by atoms with Crippen LogP contribution in [0.5, 0.6) is 0 Å². The van der Waals surface area contributed by atoms with Crippen molar-refractivity contribution in [3.63, 3.8) is 0 Å². The van der Waals surface area contributed by atoms with E-state index in [0.717, 1.165) is 12.3 Å². The first-order valence-electron chi connectivity index (χ1n) is 4.11. The van der Waals surface area contributed by atoms with Crippen LogP contribution in [0.4, 0.5) is 0 Å². The summed E-state index contributed by atoms with van der Waals surface area (Å²) in [5, 5.41) is 0. The number of hydrogen-bond donors (Lipinski definition) is 1. The molecule has 68 valence electrons. The van der Waals surface area contributed by atoms with Crippen LogP contribution in [0, 0.1) is 0 Å². The molecule has 0 unspecified atom stereocenters. The van der Waals surface area contributed by atoms with Gasteiger partial charge in [-0.1, -0.05) is 0 Å². The first kappa shape index (κ1) is 11.3. The molecule has 0 aliphatic heterocycles. The van der Waals surface area contributed by atoms with Gasteiger partial charge < -0.3 is 9.80 Å². The van der Waals surface area contributed by atoms with E-state index in [1.54, 1.807) is 0 Å². The predicted molar refractivity (Wildman–Crippen MR) is 54.5 cm³/mol. The van der Waals surface area contributed by atoms with Crippen LogP contribution in [-0.4, -0.2) is 56.3 Å². The zero-order chi connectivity index (χ0) is 8.69. The Labute approximate surface area is 76.0 Å². The fourth-order valence-electron chi connectivity index (χ4n) is 0.939. The molecule has 0 atom stereocenters. The smallest absolute Gasteiger partial charge is 0.00668 e. The van der Waals surface area contributed by atoms with Gasteiger partial charge in [0.2, 0.25) is 0 Å². The van der Waals surface area contributed by atoms with Gasteiger partial charge in [-0.2, -0.15) is 12.6 Å². The largest absolute Gasteiger partial charge is 0.309 e. The molecule has 0 N–H and O–H groups in total. The SMILES string of the molecule is CN(C)CCCN(C)CCS. The summed E-state index contributed by atoms with van der Waals surface area (Å²) in [5.74, 6) is 0.957. The molecule has 0 aliphatic carbocycles. The average molecular weight is 176 g/mol. The fraction of sp³-hybridized carbons (Fsp3) is 1.00. The first-order chi connectivity index (χ1) is 5.16. The summed E-state index contributed by atoms with van der Waals surface area (Å²) in [5.41, 5.74) is 0. The van der Waals surface area contributed by atoms with Gasteiger partial charge in [0.05, 0.1) is 0 Å². The highest BCUT2D eigenvalue weighted by molar-refractivity contribution is 7.80. The van der Waals surface area contributed by atoms with Crippen LogP contribution in [0.2, 0.25) is 0 Å². The van der Waals surface area contributed by atoms with E-state index in [4.69, 9.17) is 0 Å². The van der Waals surface area contributed by atoms with Crippen LogP contribution >= 0.6 is 12.6 Å². The molecule has 2 nitrogen and oxygen atoms in total. The minimum absolute atomic E-state index is 0.957. The third-order valence-electron chi connectivity index (χ3n) is 1.63. The predicted octanol–water partition coefficient (Wildman–Crippen LogP) is 0.800. The molecule has 11 heavy (non-hydrogen) atoms. The Morgan fingerprint density at radius 3 is 2.09 bits per heavy atom. The lowest BCUT2D eigenvalue weighted by molar-refractivity contribution is 0.314. The number of rotatable bonds is 6. The lowest BCUT2D eigenvalue weighted by atomic mass is 10.4. The van der Waals surface area contributed by atoms with Gasteiger partial charge in [0, 0.05) is 12.3 Å². The third kappa shape index (κ3) is 8.17. The molecule has 0 amide bonds. The summed E-state index contributed by atoms with van der Waals surface area (Å²) >= 11 is 4.17. The lowest BCUT2D eigenvalue weighted by Gasteiger charge is -2.16. The van der Waals surface area contributed by atoms with Gasteiger partial charge in [-0.3, -0.25) is 0 Å². The van der Waals surface area contributed by atoms with Crippen molar-refractivity contribution in [2.24, 2.45) is 0 Å². The van der Waals surface area contributed by atoms with E-state index in [0.29, 0.717) is 0 Å². The molecular formula is C8H20N2S. The normalized spacial score (nSPS) is 11.5. The minimum atomic E-state index is 0.957. The van der Waals surface area contributed by atoms with Crippen LogP contribution in [0.15, 0.2) is 0 Å². The number of hydrogen-bond acceptors (Lipinski definition) is 3. The van der Waals surface area contributed by atoms with Gasteiger partial charge in [-0.25, -0.2) is 0 Å². The van der Waals surface area contributed by atoms with E-state index in [9.17, 15) is 0 Å².